The Morgan fingerprint density at radius 3 is 2.50 bits per heavy atom. The van der Waals surface area contributed by atoms with Crippen molar-refractivity contribution in [3.63, 3.8) is 0 Å². The summed E-state index contributed by atoms with van der Waals surface area (Å²) in [6.45, 7) is 7.57. The van der Waals surface area contributed by atoms with Crippen LogP contribution in [0.25, 0.3) is 0 Å². The van der Waals surface area contributed by atoms with Crippen LogP contribution in [0.1, 0.15) is 26.7 Å². The number of rotatable bonds is 4. The largest absolute Gasteiger partial charge is 0.481 e. The Morgan fingerprint density at radius 1 is 1.70 bits per heavy atom. The van der Waals surface area contributed by atoms with Gasteiger partial charge >= 0.3 is 5.97 Å². The molecule has 58 valence electrons. The molecule has 0 atom stereocenters. The van der Waals surface area contributed by atoms with Crippen LogP contribution in [-0.4, -0.2) is 11.1 Å². The molecule has 0 saturated heterocycles. The molecule has 0 aliphatic carbocycles. The van der Waals surface area contributed by atoms with Crippen molar-refractivity contribution in [2.45, 2.75) is 26.7 Å². The molecule has 0 amide bonds. The molecule has 0 heterocycles. The fraction of sp³-hybridized carbons (Fsp3) is 0.625. The summed E-state index contributed by atoms with van der Waals surface area (Å²) in [5.74, 6) is -0.741. The Kier molecular flexibility index (Phi) is 3.13. The maximum atomic E-state index is 10.1. The van der Waals surface area contributed by atoms with E-state index in [2.05, 4.69) is 6.58 Å². The van der Waals surface area contributed by atoms with Crippen LogP contribution in [0.4, 0.5) is 0 Å². The van der Waals surface area contributed by atoms with E-state index in [9.17, 15) is 4.79 Å². The molecule has 0 aromatic rings. The number of carbonyl (C=O) groups is 1. The summed E-state index contributed by atoms with van der Waals surface area (Å²) >= 11 is 0. The van der Waals surface area contributed by atoms with Crippen LogP contribution < -0.4 is 0 Å². The van der Waals surface area contributed by atoms with Crippen molar-refractivity contribution in [2.75, 3.05) is 0 Å². The molecule has 2 nitrogen and oxygen atoms in total. The van der Waals surface area contributed by atoms with Gasteiger partial charge in [0, 0.05) is 6.42 Å². The van der Waals surface area contributed by atoms with E-state index in [1.807, 2.05) is 13.8 Å². The molecule has 0 aliphatic heterocycles. The second-order valence-electron chi connectivity index (χ2n) is 3.09. The molecule has 1 N–H and O–H groups in total. The molecular weight excluding hydrogens is 128 g/mol. The molecule has 0 rings (SSSR count). The summed E-state index contributed by atoms with van der Waals surface area (Å²) in [6, 6.07) is 0. The van der Waals surface area contributed by atoms with E-state index in [0.717, 1.165) is 0 Å². The molecule has 0 aliphatic rings. The summed E-state index contributed by atoms with van der Waals surface area (Å²) in [5.41, 5.74) is -0.0433. The smallest absolute Gasteiger partial charge is 0.303 e. The third-order valence-electron chi connectivity index (χ3n) is 1.54. The summed E-state index contributed by atoms with van der Waals surface area (Å²) in [7, 11) is 0. The van der Waals surface area contributed by atoms with Gasteiger partial charge in [-0.15, -0.1) is 6.58 Å². The first-order valence-electron chi connectivity index (χ1n) is 3.33. The summed E-state index contributed by atoms with van der Waals surface area (Å²) in [6.07, 6.45) is 2.67. The average Bonchev–Trinajstić information content (AvgIpc) is 1.85. The highest BCUT2D eigenvalue weighted by Crippen LogP contribution is 2.22. The monoisotopic (exact) mass is 142 g/mol. The lowest BCUT2D eigenvalue weighted by Crippen LogP contribution is -2.09. The molecule has 0 fully saturated rings. The maximum Gasteiger partial charge on any atom is 0.303 e. The third kappa shape index (κ3) is 4.13. The van der Waals surface area contributed by atoms with Crippen molar-refractivity contribution in [2.24, 2.45) is 5.41 Å². The minimum absolute atomic E-state index is 0.0433. The maximum absolute atomic E-state index is 10.1. The summed E-state index contributed by atoms with van der Waals surface area (Å²) < 4.78 is 0. The van der Waals surface area contributed by atoms with E-state index in [4.69, 9.17) is 5.11 Å². The molecular formula is C8H14O2. The Morgan fingerprint density at radius 2 is 2.20 bits per heavy atom. The van der Waals surface area contributed by atoms with Crippen LogP contribution in [0.5, 0.6) is 0 Å². The number of carboxylic acid groups (broad SMARTS) is 1. The van der Waals surface area contributed by atoms with Crippen LogP contribution in [0.15, 0.2) is 12.7 Å². The van der Waals surface area contributed by atoms with Crippen LogP contribution in [0, 0.1) is 5.41 Å². The number of aliphatic carboxylic acids is 1. The first-order valence-corrected chi connectivity index (χ1v) is 3.33. The van der Waals surface area contributed by atoms with Gasteiger partial charge in [0.1, 0.15) is 0 Å². The van der Waals surface area contributed by atoms with Crippen molar-refractivity contribution in [1.82, 2.24) is 0 Å². The predicted octanol–water partition coefficient (Wildman–Crippen LogP) is 2.06. The van der Waals surface area contributed by atoms with Gasteiger partial charge in [-0.1, -0.05) is 19.9 Å². The number of hydrogen-bond donors (Lipinski definition) is 1. The zero-order valence-corrected chi connectivity index (χ0v) is 6.55. The minimum Gasteiger partial charge on any atom is -0.481 e. The van der Waals surface area contributed by atoms with Crippen LogP contribution in [-0.2, 0) is 4.79 Å². The summed E-state index contributed by atoms with van der Waals surface area (Å²) in [4.78, 5) is 10.1. The predicted molar refractivity (Wildman–Crippen MR) is 40.8 cm³/mol. The lowest BCUT2D eigenvalue weighted by Gasteiger charge is -2.17. The second-order valence-corrected chi connectivity index (χ2v) is 3.09. The van der Waals surface area contributed by atoms with Crippen LogP contribution in [0.3, 0.4) is 0 Å². The first-order chi connectivity index (χ1) is 4.48. The van der Waals surface area contributed by atoms with E-state index in [-0.39, 0.29) is 11.8 Å². The fourth-order valence-electron chi connectivity index (χ4n) is 0.531. The Hall–Kier alpha value is -0.790. The average molecular weight is 142 g/mol. The lowest BCUT2D eigenvalue weighted by atomic mass is 9.88. The van der Waals surface area contributed by atoms with Crippen molar-refractivity contribution in [3.8, 4) is 0 Å². The van der Waals surface area contributed by atoms with Crippen LogP contribution >= 0.6 is 0 Å². The van der Waals surface area contributed by atoms with Crippen molar-refractivity contribution < 1.29 is 9.90 Å². The Bertz CT molecular complexity index is 136. The molecule has 0 spiro atoms. The molecule has 0 bridgehead atoms. The lowest BCUT2D eigenvalue weighted by molar-refractivity contribution is -0.137. The van der Waals surface area contributed by atoms with Gasteiger partial charge in [-0.05, 0) is 11.8 Å². The minimum atomic E-state index is -0.741. The molecule has 0 saturated carbocycles. The zero-order valence-electron chi connectivity index (χ0n) is 6.55. The normalized spacial score (nSPS) is 11.0. The van der Waals surface area contributed by atoms with Crippen molar-refractivity contribution in [3.05, 3.63) is 12.7 Å². The second kappa shape index (κ2) is 3.40. The van der Waals surface area contributed by atoms with Gasteiger partial charge in [0.25, 0.3) is 0 Å². The number of hydrogen-bond acceptors (Lipinski definition) is 1. The topological polar surface area (TPSA) is 37.3 Å². The zero-order chi connectivity index (χ0) is 8.20. The van der Waals surface area contributed by atoms with Gasteiger partial charge in [-0.2, -0.15) is 0 Å². The van der Waals surface area contributed by atoms with E-state index >= 15 is 0 Å². The fourth-order valence-corrected chi connectivity index (χ4v) is 0.531. The summed E-state index contributed by atoms with van der Waals surface area (Å²) in [5, 5.41) is 8.34. The van der Waals surface area contributed by atoms with Gasteiger partial charge in [0.15, 0.2) is 0 Å². The van der Waals surface area contributed by atoms with Crippen molar-refractivity contribution in [1.29, 1.82) is 0 Å². The van der Waals surface area contributed by atoms with Gasteiger partial charge in [-0.3, -0.25) is 4.79 Å². The highest BCUT2D eigenvalue weighted by Gasteiger charge is 2.13. The molecule has 10 heavy (non-hydrogen) atoms. The van der Waals surface area contributed by atoms with Crippen LogP contribution in [0.2, 0.25) is 0 Å². The molecule has 0 aromatic heterocycles. The van der Waals surface area contributed by atoms with E-state index < -0.39 is 5.97 Å². The third-order valence-corrected chi connectivity index (χ3v) is 1.54. The highest BCUT2D eigenvalue weighted by molar-refractivity contribution is 5.66. The van der Waals surface area contributed by atoms with Gasteiger partial charge < -0.3 is 5.11 Å². The number of allylic oxidation sites excluding steroid dienone is 1. The Balaban J connectivity index is 3.67. The number of carboxylic acids is 1. The van der Waals surface area contributed by atoms with E-state index in [1.54, 1.807) is 6.08 Å². The molecule has 0 unspecified atom stereocenters. The molecule has 0 aromatic carbocycles. The first kappa shape index (κ1) is 9.21. The SMILES string of the molecule is C=CC(C)(C)CCC(=O)O. The van der Waals surface area contributed by atoms with Gasteiger partial charge in [0.2, 0.25) is 0 Å². The standard InChI is InChI=1S/C8H14O2/c1-4-8(2,3)6-5-7(9)10/h4H,1,5-6H2,2-3H3,(H,9,10). The van der Waals surface area contributed by atoms with Gasteiger partial charge in [0.05, 0.1) is 0 Å². The molecule has 0 radical (unpaired) electrons. The molecule has 2 heteroatoms. The van der Waals surface area contributed by atoms with E-state index in [0.29, 0.717) is 6.42 Å². The Labute approximate surface area is 61.6 Å². The highest BCUT2D eigenvalue weighted by atomic mass is 16.4. The van der Waals surface area contributed by atoms with Gasteiger partial charge in [-0.25, -0.2) is 0 Å². The van der Waals surface area contributed by atoms with Crippen molar-refractivity contribution >= 4 is 5.97 Å². The quantitative estimate of drug-likeness (QED) is 0.610. The van der Waals surface area contributed by atoms with E-state index in [1.165, 1.54) is 0 Å².